The van der Waals surface area contributed by atoms with Gasteiger partial charge in [0, 0.05) is 43.2 Å². The van der Waals surface area contributed by atoms with Gasteiger partial charge in [-0.2, -0.15) is 0 Å². The van der Waals surface area contributed by atoms with E-state index in [0.717, 1.165) is 36.6 Å². The number of likely N-dealkylation sites (tertiary alicyclic amines) is 1. The standard InChI is InChI=1S/C18H23N3O2/c1-22-13-18-19-10-14(11-20-18)12-21-9-5-7-16(21)15-6-3-4-8-17(15)23-2/h3-4,6,8,10-11,16H,5,7,9,12-13H2,1-2H3/t16-/m1/s1. The number of hydrogen-bond donors (Lipinski definition) is 0. The van der Waals surface area contributed by atoms with Crippen molar-refractivity contribution in [3.05, 3.63) is 53.6 Å². The first kappa shape index (κ1) is 15.9. The lowest BCUT2D eigenvalue weighted by Crippen LogP contribution is -2.23. The molecule has 0 bridgehead atoms. The fourth-order valence-corrected chi connectivity index (χ4v) is 3.21. The average Bonchev–Trinajstić information content (AvgIpc) is 3.05. The van der Waals surface area contributed by atoms with Crippen molar-refractivity contribution in [1.82, 2.24) is 14.9 Å². The van der Waals surface area contributed by atoms with Crippen molar-refractivity contribution >= 4 is 0 Å². The van der Waals surface area contributed by atoms with Gasteiger partial charge >= 0.3 is 0 Å². The summed E-state index contributed by atoms with van der Waals surface area (Å²) >= 11 is 0. The van der Waals surface area contributed by atoms with E-state index in [0.29, 0.717) is 12.6 Å². The minimum atomic E-state index is 0.393. The molecule has 1 aromatic carbocycles. The molecule has 1 aliphatic heterocycles. The molecule has 5 heteroatoms. The Morgan fingerprint density at radius 2 is 1.96 bits per heavy atom. The van der Waals surface area contributed by atoms with Crippen LogP contribution in [0.15, 0.2) is 36.7 Å². The van der Waals surface area contributed by atoms with Crippen LogP contribution in [0.1, 0.15) is 35.8 Å². The molecule has 0 spiro atoms. The number of ether oxygens (including phenoxy) is 2. The second-order valence-electron chi connectivity index (χ2n) is 5.81. The van der Waals surface area contributed by atoms with Gasteiger partial charge in [0.25, 0.3) is 0 Å². The van der Waals surface area contributed by atoms with E-state index in [9.17, 15) is 0 Å². The van der Waals surface area contributed by atoms with Crippen LogP contribution in [0.2, 0.25) is 0 Å². The molecule has 2 heterocycles. The van der Waals surface area contributed by atoms with Gasteiger partial charge in [0.1, 0.15) is 12.4 Å². The summed E-state index contributed by atoms with van der Waals surface area (Å²) in [6.07, 6.45) is 6.16. The Morgan fingerprint density at radius 1 is 1.17 bits per heavy atom. The summed E-state index contributed by atoms with van der Waals surface area (Å²) in [5.41, 5.74) is 2.40. The van der Waals surface area contributed by atoms with E-state index in [-0.39, 0.29) is 0 Å². The molecule has 122 valence electrons. The number of nitrogens with zero attached hydrogens (tertiary/aromatic N) is 3. The summed E-state index contributed by atoms with van der Waals surface area (Å²) < 4.78 is 10.6. The molecule has 23 heavy (non-hydrogen) atoms. The number of rotatable bonds is 6. The maximum absolute atomic E-state index is 5.53. The highest BCUT2D eigenvalue weighted by Crippen LogP contribution is 2.37. The summed E-state index contributed by atoms with van der Waals surface area (Å²) in [7, 11) is 3.39. The van der Waals surface area contributed by atoms with Crippen LogP contribution in [-0.2, 0) is 17.9 Å². The predicted octanol–water partition coefficient (Wildman–Crippen LogP) is 2.97. The van der Waals surface area contributed by atoms with Crippen molar-refractivity contribution in [2.75, 3.05) is 20.8 Å². The molecule has 1 saturated heterocycles. The number of aromatic nitrogens is 2. The third-order valence-corrected chi connectivity index (χ3v) is 4.28. The summed E-state index contributed by atoms with van der Waals surface area (Å²) in [6.45, 7) is 2.40. The highest BCUT2D eigenvalue weighted by atomic mass is 16.5. The van der Waals surface area contributed by atoms with Gasteiger partial charge < -0.3 is 9.47 Å². The van der Waals surface area contributed by atoms with Crippen LogP contribution in [-0.4, -0.2) is 35.6 Å². The molecule has 1 aliphatic rings. The van der Waals surface area contributed by atoms with Crippen molar-refractivity contribution in [2.24, 2.45) is 0 Å². The summed E-state index contributed by atoms with van der Waals surface area (Å²) in [5.74, 6) is 1.69. The molecular formula is C18H23N3O2. The second kappa shape index (κ2) is 7.53. The monoisotopic (exact) mass is 313 g/mol. The Kier molecular flexibility index (Phi) is 5.20. The van der Waals surface area contributed by atoms with E-state index in [1.54, 1.807) is 14.2 Å². The summed E-state index contributed by atoms with van der Waals surface area (Å²) in [6, 6.07) is 8.69. The van der Waals surface area contributed by atoms with Crippen LogP contribution in [0.4, 0.5) is 0 Å². The fourth-order valence-electron chi connectivity index (χ4n) is 3.21. The predicted molar refractivity (Wildman–Crippen MR) is 88.1 cm³/mol. The quantitative estimate of drug-likeness (QED) is 0.820. The molecule has 1 atom stereocenters. The molecule has 0 unspecified atom stereocenters. The molecule has 0 amide bonds. The van der Waals surface area contributed by atoms with Crippen LogP contribution < -0.4 is 4.74 Å². The van der Waals surface area contributed by atoms with Gasteiger partial charge in [-0.3, -0.25) is 4.90 Å². The van der Waals surface area contributed by atoms with Gasteiger partial charge in [0.2, 0.25) is 0 Å². The normalized spacial score (nSPS) is 18.3. The van der Waals surface area contributed by atoms with Gasteiger partial charge in [0.05, 0.1) is 7.11 Å². The molecule has 5 nitrogen and oxygen atoms in total. The Hall–Kier alpha value is -1.98. The van der Waals surface area contributed by atoms with E-state index in [1.165, 1.54) is 12.0 Å². The minimum absolute atomic E-state index is 0.393. The Balaban J connectivity index is 1.74. The molecule has 3 rings (SSSR count). The highest BCUT2D eigenvalue weighted by molar-refractivity contribution is 5.36. The van der Waals surface area contributed by atoms with Gasteiger partial charge in [0.15, 0.2) is 5.82 Å². The van der Waals surface area contributed by atoms with E-state index in [1.807, 2.05) is 24.5 Å². The third-order valence-electron chi connectivity index (χ3n) is 4.28. The first-order valence-electron chi connectivity index (χ1n) is 7.97. The van der Waals surface area contributed by atoms with Crippen LogP contribution in [0.3, 0.4) is 0 Å². The van der Waals surface area contributed by atoms with Crippen LogP contribution in [0.25, 0.3) is 0 Å². The van der Waals surface area contributed by atoms with Crippen molar-refractivity contribution in [2.45, 2.75) is 32.0 Å². The zero-order chi connectivity index (χ0) is 16.1. The van der Waals surface area contributed by atoms with Gasteiger partial charge in [-0.25, -0.2) is 9.97 Å². The Bertz CT molecular complexity index is 630. The SMILES string of the molecule is COCc1ncc(CN2CCC[C@@H]2c2ccccc2OC)cn1. The van der Waals surface area contributed by atoms with Crippen molar-refractivity contribution in [3.8, 4) is 5.75 Å². The van der Waals surface area contributed by atoms with E-state index >= 15 is 0 Å². The lowest BCUT2D eigenvalue weighted by Gasteiger charge is -2.26. The molecule has 0 N–H and O–H groups in total. The van der Waals surface area contributed by atoms with Crippen molar-refractivity contribution in [1.29, 1.82) is 0 Å². The molecule has 0 aliphatic carbocycles. The topological polar surface area (TPSA) is 47.5 Å². The zero-order valence-electron chi connectivity index (χ0n) is 13.7. The third kappa shape index (κ3) is 3.68. The van der Waals surface area contributed by atoms with E-state index in [4.69, 9.17) is 9.47 Å². The van der Waals surface area contributed by atoms with Crippen molar-refractivity contribution in [3.63, 3.8) is 0 Å². The molecule has 1 fully saturated rings. The first-order chi connectivity index (χ1) is 11.3. The molecule has 0 radical (unpaired) electrons. The lowest BCUT2D eigenvalue weighted by atomic mass is 10.0. The van der Waals surface area contributed by atoms with E-state index < -0.39 is 0 Å². The average molecular weight is 313 g/mol. The molecule has 2 aromatic rings. The molecular weight excluding hydrogens is 290 g/mol. The van der Waals surface area contributed by atoms with E-state index in [2.05, 4.69) is 27.0 Å². The van der Waals surface area contributed by atoms with Gasteiger partial charge in [-0.1, -0.05) is 18.2 Å². The van der Waals surface area contributed by atoms with Crippen LogP contribution in [0, 0.1) is 0 Å². The van der Waals surface area contributed by atoms with Crippen molar-refractivity contribution < 1.29 is 9.47 Å². The van der Waals surface area contributed by atoms with Gasteiger partial charge in [-0.05, 0) is 25.5 Å². The number of para-hydroxylation sites is 1. The zero-order valence-corrected chi connectivity index (χ0v) is 13.7. The van der Waals surface area contributed by atoms with Crippen LogP contribution in [0.5, 0.6) is 5.75 Å². The Labute approximate surface area is 137 Å². The maximum Gasteiger partial charge on any atom is 0.153 e. The Morgan fingerprint density at radius 3 is 2.70 bits per heavy atom. The first-order valence-corrected chi connectivity index (χ1v) is 7.97. The summed E-state index contributed by atoms with van der Waals surface area (Å²) in [4.78, 5) is 11.2. The van der Waals surface area contributed by atoms with Crippen LogP contribution >= 0.6 is 0 Å². The van der Waals surface area contributed by atoms with Gasteiger partial charge in [-0.15, -0.1) is 0 Å². The summed E-state index contributed by atoms with van der Waals surface area (Å²) in [5, 5.41) is 0. The fraction of sp³-hybridized carbons (Fsp3) is 0.444. The number of benzene rings is 1. The highest BCUT2D eigenvalue weighted by Gasteiger charge is 2.28. The second-order valence-corrected chi connectivity index (χ2v) is 5.81. The lowest BCUT2D eigenvalue weighted by molar-refractivity contribution is 0.177. The molecule has 1 aromatic heterocycles. The smallest absolute Gasteiger partial charge is 0.153 e. The number of methoxy groups -OCH3 is 2. The molecule has 0 saturated carbocycles. The largest absolute Gasteiger partial charge is 0.496 e. The minimum Gasteiger partial charge on any atom is -0.496 e. The number of hydrogen-bond acceptors (Lipinski definition) is 5. The maximum atomic E-state index is 5.53.